The largest absolute Gasteiger partial charge is 0.399 e. The number of nitrogens with two attached hydrogens (primary N) is 1. The quantitative estimate of drug-likeness (QED) is 0.587. The molecule has 17 heavy (non-hydrogen) atoms. The van der Waals surface area contributed by atoms with E-state index in [1.54, 1.807) is 0 Å². The Bertz CT molecular complexity index is 346. The molecular weight excluding hydrogens is 212 g/mol. The van der Waals surface area contributed by atoms with E-state index in [0.717, 1.165) is 30.5 Å². The zero-order valence-corrected chi connectivity index (χ0v) is 10.7. The summed E-state index contributed by atoms with van der Waals surface area (Å²) < 4.78 is 0. The van der Waals surface area contributed by atoms with Crippen molar-refractivity contribution in [1.82, 2.24) is 5.32 Å². The molecule has 3 heteroatoms. The van der Waals surface area contributed by atoms with Gasteiger partial charge in [-0.2, -0.15) is 0 Å². The molecule has 1 amide bonds. The Morgan fingerprint density at radius 2 is 1.94 bits per heavy atom. The first-order chi connectivity index (χ1) is 8.13. The van der Waals surface area contributed by atoms with Crippen molar-refractivity contribution >= 4 is 11.6 Å². The van der Waals surface area contributed by atoms with Gasteiger partial charge in [0, 0.05) is 12.1 Å². The van der Waals surface area contributed by atoms with Gasteiger partial charge < -0.3 is 11.1 Å². The molecule has 0 fully saturated rings. The summed E-state index contributed by atoms with van der Waals surface area (Å²) in [4.78, 5) is 11.6. The summed E-state index contributed by atoms with van der Waals surface area (Å²) >= 11 is 0. The van der Waals surface area contributed by atoms with E-state index in [1.165, 1.54) is 0 Å². The van der Waals surface area contributed by atoms with Crippen LogP contribution in [0.1, 0.15) is 51.1 Å². The standard InChI is InChI=1S/C14H22N2O/c1-3-4-5-6-14(17)16-11(2)12-7-9-13(15)10-8-12/h7-11H,3-6,15H2,1-2H3,(H,16,17). The summed E-state index contributed by atoms with van der Waals surface area (Å²) in [5, 5.41) is 2.99. The Balaban J connectivity index is 2.40. The average molecular weight is 234 g/mol. The summed E-state index contributed by atoms with van der Waals surface area (Å²) in [6, 6.07) is 7.66. The van der Waals surface area contributed by atoms with E-state index < -0.39 is 0 Å². The van der Waals surface area contributed by atoms with Crippen LogP contribution >= 0.6 is 0 Å². The van der Waals surface area contributed by atoms with E-state index in [2.05, 4.69) is 12.2 Å². The summed E-state index contributed by atoms with van der Waals surface area (Å²) in [7, 11) is 0. The van der Waals surface area contributed by atoms with Crippen molar-refractivity contribution in [3.05, 3.63) is 29.8 Å². The van der Waals surface area contributed by atoms with Crippen molar-refractivity contribution in [2.45, 2.75) is 45.6 Å². The lowest BCUT2D eigenvalue weighted by atomic mass is 10.1. The Labute approximate surface area is 103 Å². The first-order valence-electron chi connectivity index (χ1n) is 6.28. The zero-order chi connectivity index (χ0) is 12.7. The lowest BCUT2D eigenvalue weighted by molar-refractivity contribution is -0.121. The monoisotopic (exact) mass is 234 g/mol. The fraction of sp³-hybridized carbons (Fsp3) is 0.500. The number of carbonyl (C=O) groups excluding carboxylic acids is 1. The lowest BCUT2D eigenvalue weighted by Gasteiger charge is -2.14. The third-order valence-corrected chi connectivity index (χ3v) is 2.82. The predicted octanol–water partition coefficient (Wildman–Crippen LogP) is 3.03. The molecular formula is C14H22N2O. The molecule has 1 unspecified atom stereocenters. The number of benzene rings is 1. The molecule has 0 aromatic heterocycles. The van der Waals surface area contributed by atoms with Gasteiger partial charge in [0.25, 0.3) is 0 Å². The summed E-state index contributed by atoms with van der Waals surface area (Å²) in [5.41, 5.74) is 7.45. The molecule has 0 bridgehead atoms. The second-order valence-corrected chi connectivity index (χ2v) is 4.41. The van der Waals surface area contributed by atoms with Crippen LogP contribution in [0.2, 0.25) is 0 Å². The van der Waals surface area contributed by atoms with Crippen LogP contribution in [-0.2, 0) is 4.79 Å². The van der Waals surface area contributed by atoms with E-state index in [9.17, 15) is 4.79 Å². The maximum atomic E-state index is 11.6. The summed E-state index contributed by atoms with van der Waals surface area (Å²) in [5.74, 6) is 0.128. The SMILES string of the molecule is CCCCCC(=O)NC(C)c1ccc(N)cc1. The van der Waals surface area contributed by atoms with Gasteiger partial charge in [-0.1, -0.05) is 31.9 Å². The van der Waals surface area contributed by atoms with Crippen molar-refractivity contribution in [3.8, 4) is 0 Å². The fourth-order valence-corrected chi connectivity index (χ4v) is 1.72. The molecule has 3 nitrogen and oxygen atoms in total. The Hall–Kier alpha value is -1.51. The summed E-state index contributed by atoms with van der Waals surface area (Å²) in [6.07, 6.45) is 3.84. The van der Waals surface area contributed by atoms with E-state index >= 15 is 0 Å². The van der Waals surface area contributed by atoms with Gasteiger partial charge in [0.15, 0.2) is 0 Å². The van der Waals surface area contributed by atoms with Gasteiger partial charge in [0.05, 0.1) is 6.04 Å². The van der Waals surface area contributed by atoms with Gasteiger partial charge >= 0.3 is 0 Å². The number of carbonyl (C=O) groups is 1. The first kappa shape index (κ1) is 13.6. The van der Waals surface area contributed by atoms with Crippen molar-refractivity contribution in [1.29, 1.82) is 0 Å². The Morgan fingerprint density at radius 3 is 2.53 bits per heavy atom. The topological polar surface area (TPSA) is 55.1 Å². The maximum absolute atomic E-state index is 11.6. The van der Waals surface area contributed by atoms with Gasteiger partial charge in [0.2, 0.25) is 5.91 Å². The number of hydrogen-bond acceptors (Lipinski definition) is 2. The van der Waals surface area contributed by atoms with Gasteiger partial charge in [-0.05, 0) is 31.0 Å². The molecule has 1 atom stereocenters. The number of unbranched alkanes of at least 4 members (excludes halogenated alkanes) is 2. The molecule has 0 aliphatic heterocycles. The number of amides is 1. The third-order valence-electron chi connectivity index (χ3n) is 2.82. The predicted molar refractivity (Wildman–Crippen MR) is 71.6 cm³/mol. The van der Waals surface area contributed by atoms with Gasteiger partial charge in [-0.15, -0.1) is 0 Å². The van der Waals surface area contributed by atoms with Crippen LogP contribution in [-0.4, -0.2) is 5.91 Å². The minimum absolute atomic E-state index is 0.0460. The number of hydrogen-bond donors (Lipinski definition) is 2. The highest BCUT2D eigenvalue weighted by atomic mass is 16.1. The van der Waals surface area contributed by atoms with Crippen LogP contribution in [0.25, 0.3) is 0 Å². The van der Waals surface area contributed by atoms with Crippen LogP contribution in [0.4, 0.5) is 5.69 Å². The van der Waals surface area contributed by atoms with Crippen molar-refractivity contribution in [2.75, 3.05) is 5.73 Å². The van der Waals surface area contributed by atoms with E-state index in [1.807, 2.05) is 31.2 Å². The van der Waals surface area contributed by atoms with Gasteiger partial charge in [-0.25, -0.2) is 0 Å². The van der Waals surface area contributed by atoms with Crippen LogP contribution < -0.4 is 11.1 Å². The molecule has 1 rings (SSSR count). The van der Waals surface area contributed by atoms with Gasteiger partial charge in [-0.3, -0.25) is 4.79 Å². The molecule has 0 aliphatic rings. The Kier molecular flexibility index (Phi) is 5.53. The highest BCUT2D eigenvalue weighted by Gasteiger charge is 2.08. The number of rotatable bonds is 6. The minimum Gasteiger partial charge on any atom is -0.399 e. The molecule has 0 heterocycles. The number of nitrogens with one attached hydrogen (secondary N) is 1. The smallest absolute Gasteiger partial charge is 0.220 e. The molecule has 1 aromatic rings. The van der Waals surface area contributed by atoms with E-state index in [4.69, 9.17) is 5.73 Å². The van der Waals surface area contributed by atoms with Crippen LogP contribution in [0.3, 0.4) is 0 Å². The molecule has 0 aliphatic carbocycles. The van der Waals surface area contributed by atoms with E-state index in [-0.39, 0.29) is 11.9 Å². The highest BCUT2D eigenvalue weighted by Crippen LogP contribution is 2.14. The van der Waals surface area contributed by atoms with Crippen LogP contribution in [0, 0.1) is 0 Å². The third kappa shape index (κ3) is 4.89. The second-order valence-electron chi connectivity index (χ2n) is 4.41. The lowest BCUT2D eigenvalue weighted by Crippen LogP contribution is -2.26. The fourth-order valence-electron chi connectivity index (χ4n) is 1.72. The van der Waals surface area contributed by atoms with Crippen molar-refractivity contribution in [2.24, 2.45) is 0 Å². The molecule has 94 valence electrons. The number of anilines is 1. The van der Waals surface area contributed by atoms with Gasteiger partial charge in [0.1, 0.15) is 0 Å². The molecule has 3 N–H and O–H groups in total. The van der Waals surface area contributed by atoms with E-state index in [0.29, 0.717) is 6.42 Å². The average Bonchev–Trinajstić information content (AvgIpc) is 2.30. The second kappa shape index (κ2) is 6.94. The molecule has 0 spiro atoms. The first-order valence-corrected chi connectivity index (χ1v) is 6.28. The number of nitrogen functional groups attached to an aromatic ring is 1. The Morgan fingerprint density at radius 1 is 1.29 bits per heavy atom. The molecule has 0 saturated carbocycles. The maximum Gasteiger partial charge on any atom is 0.220 e. The van der Waals surface area contributed by atoms with Crippen LogP contribution in [0.5, 0.6) is 0 Å². The highest BCUT2D eigenvalue weighted by molar-refractivity contribution is 5.76. The zero-order valence-electron chi connectivity index (χ0n) is 10.7. The molecule has 1 aromatic carbocycles. The van der Waals surface area contributed by atoms with Crippen molar-refractivity contribution in [3.63, 3.8) is 0 Å². The molecule has 0 radical (unpaired) electrons. The normalized spacial score (nSPS) is 12.1. The minimum atomic E-state index is 0.0460. The van der Waals surface area contributed by atoms with Crippen LogP contribution in [0.15, 0.2) is 24.3 Å². The summed E-state index contributed by atoms with van der Waals surface area (Å²) in [6.45, 7) is 4.12. The van der Waals surface area contributed by atoms with Crippen molar-refractivity contribution < 1.29 is 4.79 Å². The molecule has 0 saturated heterocycles.